The van der Waals surface area contributed by atoms with Gasteiger partial charge in [0.05, 0.1) is 11.9 Å². The van der Waals surface area contributed by atoms with Crippen molar-refractivity contribution in [3.63, 3.8) is 0 Å². The number of hydrogen-bond donors (Lipinski definition) is 2. The average molecular weight is 210 g/mol. The normalized spacial score (nSPS) is 27.5. The van der Waals surface area contributed by atoms with Crippen LogP contribution < -0.4 is 11.1 Å². The van der Waals surface area contributed by atoms with Gasteiger partial charge in [0, 0.05) is 19.1 Å². The SMILES string of the molecule is NC1=C[C@H](CCOC2CCCCC2)CN1. The Hall–Kier alpha value is -0.700. The monoisotopic (exact) mass is 210 g/mol. The molecule has 1 heterocycles. The van der Waals surface area contributed by atoms with Crippen molar-refractivity contribution in [2.24, 2.45) is 11.7 Å². The Morgan fingerprint density at radius 1 is 1.33 bits per heavy atom. The largest absolute Gasteiger partial charge is 0.386 e. The van der Waals surface area contributed by atoms with Crippen LogP contribution in [-0.2, 0) is 4.74 Å². The zero-order chi connectivity index (χ0) is 10.5. The third-order valence-corrected chi connectivity index (χ3v) is 3.38. The van der Waals surface area contributed by atoms with E-state index in [4.69, 9.17) is 10.5 Å². The summed E-state index contributed by atoms with van der Waals surface area (Å²) >= 11 is 0. The van der Waals surface area contributed by atoms with Gasteiger partial charge in [0.2, 0.25) is 0 Å². The Bertz CT molecular complexity index is 222. The lowest BCUT2D eigenvalue weighted by Crippen LogP contribution is -2.20. The smallest absolute Gasteiger partial charge is 0.0922 e. The molecule has 0 radical (unpaired) electrons. The van der Waals surface area contributed by atoms with E-state index in [0.717, 1.165) is 25.4 Å². The molecule has 1 aliphatic carbocycles. The summed E-state index contributed by atoms with van der Waals surface area (Å²) in [5, 5.41) is 3.14. The van der Waals surface area contributed by atoms with Gasteiger partial charge in [0.15, 0.2) is 0 Å². The first-order valence-electron chi connectivity index (χ1n) is 6.17. The summed E-state index contributed by atoms with van der Waals surface area (Å²) in [7, 11) is 0. The molecule has 3 nitrogen and oxygen atoms in total. The van der Waals surface area contributed by atoms with Crippen LogP contribution in [-0.4, -0.2) is 19.3 Å². The Labute approximate surface area is 92.1 Å². The molecule has 2 rings (SSSR count). The van der Waals surface area contributed by atoms with Crippen molar-refractivity contribution in [3.8, 4) is 0 Å². The van der Waals surface area contributed by atoms with Gasteiger partial charge < -0.3 is 15.8 Å². The molecule has 3 N–H and O–H groups in total. The van der Waals surface area contributed by atoms with Crippen LogP contribution in [0.4, 0.5) is 0 Å². The van der Waals surface area contributed by atoms with Gasteiger partial charge in [0.1, 0.15) is 0 Å². The third kappa shape index (κ3) is 3.42. The maximum Gasteiger partial charge on any atom is 0.0922 e. The van der Waals surface area contributed by atoms with Gasteiger partial charge in [-0.2, -0.15) is 0 Å². The fraction of sp³-hybridized carbons (Fsp3) is 0.833. The van der Waals surface area contributed by atoms with Crippen molar-refractivity contribution in [2.75, 3.05) is 13.2 Å². The van der Waals surface area contributed by atoms with Crippen LogP contribution in [0.5, 0.6) is 0 Å². The molecule has 0 unspecified atom stereocenters. The minimum Gasteiger partial charge on any atom is -0.386 e. The van der Waals surface area contributed by atoms with E-state index in [1.807, 2.05) is 0 Å². The molecule has 15 heavy (non-hydrogen) atoms. The van der Waals surface area contributed by atoms with E-state index < -0.39 is 0 Å². The summed E-state index contributed by atoms with van der Waals surface area (Å²) < 4.78 is 5.88. The van der Waals surface area contributed by atoms with Crippen LogP contribution in [0.3, 0.4) is 0 Å². The predicted octanol–water partition coefficient (Wildman–Crippen LogP) is 1.75. The second-order valence-corrected chi connectivity index (χ2v) is 4.68. The van der Waals surface area contributed by atoms with Crippen molar-refractivity contribution in [1.82, 2.24) is 5.32 Å². The standard InChI is InChI=1S/C12H22N2O/c13-12-8-10(9-14-12)6-7-15-11-4-2-1-3-5-11/h8,10-11,14H,1-7,9,13H2/t10-/m0/s1. The third-order valence-electron chi connectivity index (χ3n) is 3.38. The number of nitrogens with one attached hydrogen (secondary N) is 1. The van der Waals surface area contributed by atoms with E-state index >= 15 is 0 Å². The lowest BCUT2D eigenvalue weighted by atomic mass is 9.98. The van der Waals surface area contributed by atoms with Gasteiger partial charge in [-0.25, -0.2) is 0 Å². The summed E-state index contributed by atoms with van der Waals surface area (Å²) in [5.74, 6) is 1.41. The molecule has 1 atom stereocenters. The van der Waals surface area contributed by atoms with Crippen molar-refractivity contribution in [3.05, 3.63) is 11.9 Å². The van der Waals surface area contributed by atoms with Crippen LogP contribution in [0.25, 0.3) is 0 Å². The predicted molar refractivity (Wildman–Crippen MR) is 61.2 cm³/mol. The van der Waals surface area contributed by atoms with E-state index in [-0.39, 0.29) is 0 Å². The minimum atomic E-state index is 0.537. The molecule has 0 spiro atoms. The van der Waals surface area contributed by atoms with Crippen molar-refractivity contribution < 1.29 is 4.74 Å². The Kier molecular flexibility index (Phi) is 3.89. The molecule has 1 fully saturated rings. The number of nitrogens with two attached hydrogens (primary N) is 1. The Balaban J connectivity index is 1.58. The Morgan fingerprint density at radius 3 is 2.80 bits per heavy atom. The van der Waals surface area contributed by atoms with E-state index in [9.17, 15) is 0 Å². The molecule has 0 bridgehead atoms. The van der Waals surface area contributed by atoms with Gasteiger partial charge in [-0.3, -0.25) is 0 Å². The van der Waals surface area contributed by atoms with Gasteiger partial charge in [0.25, 0.3) is 0 Å². The molecule has 1 aliphatic heterocycles. The number of rotatable bonds is 4. The van der Waals surface area contributed by atoms with Crippen LogP contribution in [0.1, 0.15) is 38.5 Å². The highest BCUT2D eigenvalue weighted by Crippen LogP contribution is 2.21. The quantitative estimate of drug-likeness (QED) is 0.743. The van der Waals surface area contributed by atoms with Crippen molar-refractivity contribution >= 4 is 0 Å². The highest BCUT2D eigenvalue weighted by Gasteiger charge is 2.16. The molecule has 1 saturated carbocycles. The van der Waals surface area contributed by atoms with Crippen molar-refractivity contribution in [2.45, 2.75) is 44.6 Å². The number of ether oxygens (including phenoxy) is 1. The molecular formula is C12H22N2O. The van der Waals surface area contributed by atoms with E-state index in [0.29, 0.717) is 12.0 Å². The summed E-state index contributed by atoms with van der Waals surface area (Å²) in [6.07, 6.45) is 10.4. The molecule has 0 aromatic rings. The minimum absolute atomic E-state index is 0.537. The summed E-state index contributed by atoms with van der Waals surface area (Å²) in [4.78, 5) is 0. The van der Waals surface area contributed by atoms with E-state index in [1.165, 1.54) is 32.1 Å². The highest BCUT2D eigenvalue weighted by molar-refractivity contribution is 5.05. The lowest BCUT2D eigenvalue weighted by molar-refractivity contribution is 0.0238. The lowest BCUT2D eigenvalue weighted by Gasteiger charge is -2.22. The second-order valence-electron chi connectivity index (χ2n) is 4.68. The van der Waals surface area contributed by atoms with Crippen molar-refractivity contribution in [1.29, 1.82) is 0 Å². The topological polar surface area (TPSA) is 47.3 Å². The van der Waals surface area contributed by atoms with Crippen LogP contribution in [0.2, 0.25) is 0 Å². The van der Waals surface area contributed by atoms with Gasteiger partial charge in [-0.1, -0.05) is 19.3 Å². The molecule has 2 aliphatic rings. The van der Waals surface area contributed by atoms with Gasteiger partial charge in [-0.15, -0.1) is 0 Å². The highest BCUT2D eigenvalue weighted by atomic mass is 16.5. The molecule has 0 aromatic carbocycles. The van der Waals surface area contributed by atoms with Crippen LogP contribution in [0.15, 0.2) is 11.9 Å². The zero-order valence-corrected chi connectivity index (χ0v) is 9.37. The molecule has 0 amide bonds. The molecule has 3 heteroatoms. The Morgan fingerprint density at radius 2 is 2.13 bits per heavy atom. The fourth-order valence-electron chi connectivity index (χ4n) is 2.42. The summed E-state index contributed by atoms with van der Waals surface area (Å²) in [5.41, 5.74) is 5.65. The molecule has 86 valence electrons. The maximum atomic E-state index is 5.88. The molecule has 0 aromatic heterocycles. The summed E-state index contributed by atoms with van der Waals surface area (Å²) in [6, 6.07) is 0. The van der Waals surface area contributed by atoms with Crippen LogP contribution >= 0.6 is 0 Å². The molecule has 0 saturated heterocycles. The number of hydrogen-bond acceptors (Lipinski definition) is 3. The first kappa shape index (κ1) is 10.8. The second kappa shape index (κ2) is 5.40. The van der Waals surface area contributed by atoms with E-state index in [2.05, 4.69) is 11.4 Å². The van der Waals surface area contributed by atoms with E-state index in [1.54, 1.807) is 0 Å². The molecular weight excluding hydrogens is 188 g/mol. The first-order chi connectivity index (χ1) is 7.34. The fourth-order valence-corrected chi connectivity index (χ4v) is 2.42. The maximum absolute atomic E-state index is 5.88. The van der Waals surface area contributed by atoms with Crippen LogP contribution in [0, 0.1) is 5.92 Å². The van der Waals surface area contributed by atoms with Gasteiger partial charge >= 0.3 is 0 Å². The van der Waals surface area contributed by atoms with Gasteiger partial charge in [-0.05, 0) is 25.3 Å². The summed E-state index contributed by atoms with van der Waals surface area (Å²) in [6.45, 7) is 1.88. The average Bonchev–Trinajstić information content (AvgIpc) is 2.66. The zero-order valence-electron chi connectivity index (χ0n) is 9.37. The first-order valence-corrected chi connectivity index (χ1v) is 6.17.